The van der Waals surface area contributed by atoms with Gasteiger partial charge in [-0.05, 0) is 42.1 Å². The van der Waals surface area contributed by atoms with E-state index in [0.29, 0.717) is 10.1 Å². The van der Waals surface area contributed by atoms with E-state index >= 15 is 0 Å². The Labute approximate surface area is 184 Å². The lowest BCUT2D eigenvalue weighted by atomic mass is 10.1. The van der Waals surface area contributed by atoms with Crippen LogP contribution in [0.15, 0.2) is 51.8 Å². The number of benzene rings is 2. The molecule has 0 aliphatic carbocycles. The third-order valence-corrected chi connectivity index (χ3v) is 6.91. The van der Waals surface area contributed by atoms with Crippen LogP contribution in [0.25, 0.3) is 0 Å². The van der Waals surface area contributed by atoms with Crippen molar-refractivity contribution in [2.24, 2.45) is 4.40 Å². The lowest BCUT2D eigenvalue weighted by molar-refractivity contribution is -0.123. The lowest BCUT2D eigenvalue weighted by Gasteiger charge is -2.22. The number of nitrogens with zero attached hydrogens (tertiary/aromatic N) is 2. The standard InChI is InChI=1S/C19H15F3N4O4S2/c20-19(21,22)10-23-17(28)12-3-1-2-4-13(12)24-16(27)11-5-6-14-15(9-11)31-18-25-32(29,30)8-7-26(14)18/h1-6,9H,7-8,10H2,(H,23,28)(H,24,27). The van der Waals surface area contributed by atoms with E-state index in [1.165, 1.54) is 30.3 Å². The Bertz CT molecular complexity index is 1250. The van der Waals surface area contributed by atoms with Crippen LogP contribution in [-0.4, -0.2) is 50.4 Å². The summed E-state index contributed by atoms with van der Waals surface area (Å²) in [4.78, 5) is 27.3. The van der Waals surface area contributed by atoms with Gasteiger partial charge in [-0.25, -0.2) is 8.42 Å². The number of amides is 2. The van der Waals surface area contributed by atoms with Gasteiger partial charge in [-0.15, -0.1) is 4.40 Å². The van der Waals surface area contributed by atoms with Gasteiger partial charge in [0.05, 0.1) is 22.7 Å². The van der Waals surface area contributed by atoms with Gasteiger partial charge in [0.1, 0.15) is 6.54 Å². The molecule has 8 nitrogen and oxygen atoms in total. The molecule has 2 heterocycles. The molecule has 0 radical (unpaired) electrons. The van der Waals surface area contributed by atoms with Gasteiger partial charge < -0.3 is 15.5 Å². The van der Waals surface area contributed by atoms with Crippen LogP contribution in [0.1, 0.15) is 20.7 Å². The van der Waals surface area contributed by atoms with Crippen molar-refractivity contribution >= 4 is 50.1 Å². The molecule has 2 aromatic carbocycles. The molecule has 4 rings (SSSR count). The van der Waals surface area contributed by atoms with Crippen LogP contribution in [0.3, 0.4) is 0 Å². The average Bonchev–Trinajstić information content (AvgIpc) is 3.07. The average molecular weight is 484 g/mol. The van der Waals surface area contributed by atoms with Gasteiger partial charge in [-0.1, -0.05) is 12.1 Å². The fraction of sp³-hybridized carbons (Fsp3) is 0.211. The summed E-state index contributed by atoms with van der Waals surface area (Å²) in [5.41, 5.74) is 0.896. The first-order chi connectivity index (χ1) is 15.0. The molecule has 0 atom stereocenters. The number of amidine groups is 1. The fourth-order valence-corrected chi connectivity index (χ4v) is 5.43. The number of halogens is 3. The quantitative estimate of drug-likeness (QED) is 0.691. The van der Waals surface area contributed by atoms with Gasteiger partial charge in [0.15, 0.2) is 5.17 Å². The van der Waals surface area contributed by atoms with E-state index < -0.39 is 34.6 Å². The van der Waals surface area contributed by atoms with E-state index in [1.54, 1.807) is 22.3 Å². The summed E-state index contributed by atoms with van der Waals surface area (Å²) in [5.74, 6) is -1.66. The molecule has 32 heavy (non-hydrogen) atoms. The summed E-state index contributed by atoms with van der Waals surface area (Å²) in [5, 5.41) is 4.63. The van der Waals surface area contributed by atoms with Gasteiger partial charge in [0.2, 0.25) is 0 Å². The van der Waals surface area contributed by atoms with E-state index in [-0.39, 0.29) is 29.1 Å². The topological polar surface area (TPSA) is 108 Å². The molecule has 13 heteroatoms. The highest BCUT2D eigenvalue weighted by molar-refractivity contribution is 8.15. The number of thioether (sulfide) groups is 1. The van der Waals surface area contributed by atoms with Crippen molar-refractivity contribution in [1.82, 2.24) is 5.32 Å². The Morgan fingerprint density at radius 3 is 2.62 bits per heavy atom. The Morgan fingerprint density at radius 1 is 1.12 bits per heavy atom. The minimum Gasteiger partial charge on any atom is -0.343 e. The predicted octanol–water partition coefficient (Wildman–Crippen LogP) is 2.84. The number of para-hydroxylation sites is 1. The van der Waals surface area contributed by atoms with Crippen molar-refractivity contribution in [3.63, 3.8) is 0 Å². The number of carbonyl (C=O) groups excluding carboxylic acids is 2. The molecule has 0 aromatic heterocycles. The predicted molar refractivity (Wildman–Crippen MR) is 114 cm³/mol. The summed E-state index contributed by atoms with van der Waals surface area (Å²) < 4.78 is 64.4. The molecular weight excluding hydrogens is 469 g/mol. The minimum atomic E-state index is -4.56. The third-order valence-electron chi connectivity index (χ3n) is 4.60. The Hall–Kier alpha value is -3.06. The van der Waals surface area contributed by atoms with E-state index in [4.69, 9.17) is 0 Å². The third kappa shape index (κ3) is 4.72. The van der Waals surface area contributed by atoms with Gasteiger partial charge in [0, 0.05) is 17.0 Å². The summed E-state index contributed by atoms with van der Waals surface area (Å²) in [6, 6.07) is 10.5. The van der Waals surface area contributed by atoms with Crippen molar-refractivity contribution < 1.29 is 31.2 Å². The molecule has 0 saturated carbocycles. The highest BCUT2D eigenvalue weighted by atomic mass is 32.2. The highest BCUT2D eigenvalue weighted by Crippen LogP contribution is 2.42. The van der Waals surface area contributed by atoms with Crippen LogP contribution < -0.4 is 15.5 Å². The second-order valence-electron chi connectivity index (χ2n) is 6.89. The summed E-state index contributed by atoms with van der Waals surface area (Å²) in [7, 11) is -3.51. The number of carbonyl (C=O) groups is 2. The zero-order valence-corrected chi connectivity index (χ0v) is 17.8. The second kappa shape index (κ2) is 8.13. The molecular formula is C19H15F3N4O4S2. The monoisotopic (exact) mass is 484 g/mol. The molecule has 168 valence electrons. The van der Waals surface area contributed by atoms with Crippen molar-refractivity contribution in [2.45, 2.75) is 11.1 Å². The molecule has 0 saturated heterocycles. The molecule has 2 N–H and O–H groups in total. The maximum absolute atomic E-state index is 12.8. The summed E-state index contributed by atoms with van der Waals surface area (Å²) >= 11 is 1.12. The highest BCUT2D eigenvalue weighted by Gasteiger charge is 2.33. The molecule has 2 amide bonds. The van der Waals surface area contributed by atoms with Gasteiger partial charge in [-0.3, -0.25) is 9.59 Å². The molecule has 2 aliphatic heterocycles. The van der Waals surface area contributed by atoms with E-state index in [9.17, 15) is 31.2 Å². The number of hydrogen-bond acceptors (Lipinski definition) is 6. The van der Waals surface area contributed by atoms with Gasteiger partial charge >= 0.3 is 6.18 Å². The van der Waals surface area contributed by atoms with Gasteiger partial charge in [-0.2, -0.15) is 13.2 Å². The van der Waals surface area contributed by atoms with Crippen molar-refractivity contribution in [2.75, 3.05) is 29.1 Å². The molecule has 2 aliphatic rings. The first-order valence-electron chi connectivity index (χ1n) is 9.20. The van der Waals surface area contributed by atoms with Crippen LogP contribution in [0.2, 0.25) is 0 Å². The SMILES string of the molecule is O=C(Nc1ccccc1C(=O)NCC(F)(F)F)c1ccc2c(c1)SC1=NS(=O)(=O)CCN12. The Morgan fingerprint density at radius 2 is 1.88 bits per heavy atom. The maximum Gasteiger partial charge on any atom is 0.405 e. The van der Waals surface area contributed by atoms with E-state index in [0.717, 1.165) is 17.4 Å². The number of hydrogen-bond donors (Lipinski definition) is 2. The van der Waals surface area contributed by atoms with Crippen molar-refractivity contribution in [1.29, 1.82) is 0 Å². The van der Waals surface area contributed by atoms with Crippen LogP contribution >= 0.6 is 11.8 Å². The van der Waals surface area contributed by atoms with Crippen LogP contribution in [0.5, 0.6) is 0 Å². The Kier molecular flexibility index (Phi) is 5.63. The molecule has 0 bridgehead atoms. The Balaban J connectivity index is 1.53. The number of alkyl halides is 3. The van der Waals surface area contributed by atoms with Crippen LogP contribution in [0.4, 0.5) is 24.5 Å². The summed E-state index contributed by atoms with van der Waals surface area (Å²) in [6.45, 7) is -1.24. The maximum atomic E-state index is 12.8. The normalized spacial score (nSPS) is 16.6. The minimum absolute atomic E-state index is 0.0539. The van der Waals surface area contributed by atoms with Crippen LogP contribution in [-0.2, 0) is 10.0 Å². The number of anilines is 2. The molecule has 0 spiro atoms. The fourth-order valence-electron chi connectivity index (χ4n) is 3.13. The zero-order chi connectivity index (χ0) is 23.1. The molecule has 2 aromatic rings. The molecule has 0 fully saturated rings. The van der Waals surface area contributed by atoms with Crippen molar-refractivity contribution in [3.8, 4) is 0 Å². The number of sulfonamides is 1. The second-order valence-corrected chi connectivity index (χ2v) is 9.66. The largest absolute Gasteiger partial charge is 0.405 e. The number of nitrogens with one attached hydrogen (secondary N) is 2. The number of rotatable bonds is 4. The van der Waals surface area contributed by atoms with Gasteiger partial charge in [0.25, 0.3) is 21.8 Å². The zero-order valence-electron chi connectivity index (χ0n) is 16.1. The van der Waals surface area contributed by atoms with Crippen LogP contribution in [0, 0.1) is 0 Å². The van der Waals surface area contributed by atoms with E-state index in [1.807, 2.05) is 0 Å². The lowest BCUT2D eigenvalue weighted by Crippen LogP contribution is -2.35. The smallest absolute Gasteiger partial charge is 0.343 e. The van der Waals surface area contributed by atoms with Crippen molar-refractivity contribution in [3.05, 3.63) is 53.6 Å². The molecule has 0 unspecified atom stereocenters. The first-order valence-corrected chi connectivity index (χ1v) is 11.6. The number of fused-ring (bicyclic) bond motifs is 3. The first kappa shape index (κ1) is 22.1. The van der Waals surface area contributed by atoms with E-state index in [2.05, 4.69) is 9.71 Å². The summed E-state index contributed by atoms with van der Waals surface area (Å²) in [6.07, 6.45) is -4.56.